The van der Waals surface area contributed by atoms with Gasteiger partial charge in [-0.15, -0.1) is 5.10 Å². The number of ketones is 1. The van der Waals surface area contributed by atoms with Crippen molar-refractivity contribution in [3.63, 3.8) is 0 Å². The van der Waals surface area contributed by atoms with Crippen molar-refractivity contribution in [2.45, 2.75) is 20.8 Å². The fourth-order valence-corrected chi connectivity index (χ4v) is 3.63. The summed E-state index contributed by atoms with van der Waals surface area (Å²) < 4.78 is 3.35. The first-order chi connectivity index (χ1) is 16.4. The molecule has 0 aliphatic heterocycles. The van der Waals surface area contributed by atoms with Crippen LogP contribution in [0, 0.1) is 25.2 Å². The number of nitrogens with one attached hydrogen (secondary N) is 1. The summed E-state index contributed by atoms with van der Waals surface area (Å²) in [7, 11) is 0. The summed E-state index contributed by atoms with van der Waals surface area (Å²) in [6.45, 7) is 5.13. The van der Waals surface area contributed by atoms with Gasteiger partial charge >= 0.3 is 0 Å². The largest absolute Gasteiger partial charge is 0.339 e. The monoisotopic (exact) mass is 449 g/mol. The molecule has 0 spiro atoms. The lowest BCUT2D eigenvalue weighted by molar-refractivity contribution is 0.101. The number of nitriles is 1. The number of Topliss-reactive ketones (excluding diaryl/α,β-unsaturated/α-hetero) is 1. The highest BCUT2D eigenvalue weighted by atomic mass is 16.1. The van der Waals surface area contributed by atoms with Crippen molar-refractivity contribution in [1.82, 2.24) is 34.5 Å². The van der Waals surface area contributed by atoms with Crippen LogP contribution in [-0.4, -0.2) is 40.3 Å². The highest BCUT2D eigenvalue weighted by Crippen LogP contribution is 2.25. The van der Waals surface area contributed by atoms with Crippen molar-refractivity contribution >= 4 is 28.3 Å². The van der Waals surface area contributed by atoms with Crippen molar-refractivity contribution in [2.75, 3.05) is 5.32 Å². The summed E-state index contributed by atoms with van der Waals surface area (Å²) in [6.07, 6.45) is 3.14. The molecule has 34 heavy (non-hydrogen) atoms. The predicted octanol–water partition coefficient (Wildman–Crippen LogP) is 3.83. The average Bonchev–Trinajstić information content (AvgIpc) is 3.43. The minimum absolute atomic E-state index is 0.145. The van der Waals surface area contributed by atoms with Gasteiger partial charge in [0, 0.05) is 5.69 Å². The third kappa shape index (κ3) is 3.65. The molecule has 10 nitrogen and oxygen atoms in total. The molecule has 10 heteroatoms. The zero-order chi connectivity index (χ0) is 23.8. The van der Waals surface area contributed by atoms with Gasteiger partial charge in [-0.25, -0.2) is 14.6 Å². The lowest BCUT2D eigenvalue weighted by Gasteiger charge is -2.12. The highest BCUT2D eigenvalue weighted by Gasteiger charge is 2.18. The highest BCUT2D eigenvalue weighted by molar-refractivity contribution is 5.97. The molecule has 0 radical (unpaired) electrons. The van der Waals surface area contributed by atoms with E-state index < -0.39 is 0 Å². The Morgan fingerprint density at radius 2 is 1.94 bits per heavy atom. The zero-order valence-corrected chi connectivity index (χ0v) is 18.7. The van der Waals surface area contributed by atoms with Gasteiger partial charge in [0.2, 0.25) is 0 Å². The number of nitrogens with zero attached hydrogens (tertiary/aromatic N) is 8. The molecule has 0 bridgehead atoms. The molecule has 1 N–H and O–H groups in total. The molecule has 0 aliphatic rings. The molecule has 0 saturated heterocycles. The second kappa shape index (κ2) is 8.22. The first kappa shape index (κ1) is 21.0. The molecular formula is C24H19N9O. The number of benzene rings is 1. The number of carbonyl (C=O) groups excluding carboxylic acids is 1. The predicted molar refractivity (Wildman–Crippen MR) is 125 cm³/mol. The second-order valence-corrected chi connectivity index (χ2v) is 7.77. The van der Waals surface area contributed by atoms with Gasteiger partial charge in [-0.05, 0) is 63.2 Å². The van der Waals surface area contributed by atoms with E-state index in [0.29, 0.717) is 34.3 Å². The minimum atomic E-state index is -0.145. The molecule has 4 aromatic heterocycles. The van der Waals surface area contributed by atoms with Crippen LogP contribution in [0.25, 0.3) is 22.7 Å². The van der Waals surface area contributed by atoms with Crippen LogP contribution in [0.4, 0.5) is 11.5 Å². The van der Waals surface area contributed by atoms with Crippen LogP contribution in [-0.2, 0) is 0 Å². The van der Waals surface area contributed by atoms with Crippen LogP contribution < -0.4 is 5.32 Å². The minimum Gasteiger partial charge on any atom is -0.339 e. The number of aromatic nitrogens is 7. The van der Waals surface area contributed by atoms with Crippen molar-refractivity contribution in [3.05, 3.63) is 77.5 Å². The number of imidazole rings is 1. The standard InChI is InChI=1S/C24H19N9O/c1-14-4-8-22(31-30-14)28-18-5-7-21-20(10-18)26-13-32(21)23-9-6-19(16(3)34)24(29-23)33-15(2)17(11-25)12-27-33/h4-10,12-13H,1-3H3,(H,28,31). The van der Waals surface area contributed by atoms with Crippen LogP contribution in [0.3, 0.4) is 0 Å². The summed E-state index contributed by atoms with van der Waals surface area (Å²) in [5.74, 6) is 1.43. The van der Waals surface area contributed by atoms with Gasteiger partial charge in [0.05, 0.1) is 39.7 Å². The summed E-state index contributed by atoms with van der Waals surface area (Å²) in [4.78, 5) is 21.5. The molecular weight excluding hydrogens is 430 g/mol. The van der Waals surface area contributed by atoms with Crippen molar-refractivity contribution in [1.29, 1.82) is 5.26 Å². The molecule has 0 fully saturated rings. The molecule has 5 aromatic rings. The lowest BCUT2D eigenvalue weighted by atomic mass is 10.1. The Morgan fingerprint density at radius 3 is 2.65 bits per heavy atom. The Morgan fingerprint density at radius 1 is 1.09 bits per heavy atom. The Kier molecular flexibility index (Phi) is 5.07. The summed E-state index contributed by atoms with van der Waals surface area (Å²) in [5.41, 5.74) is 4.71. The molecule has 5 rings (SSSR count). The van der Waals surface area contributed by atoms with Gasteiger partial charge in [0.15, 0.2) is 17.4 Å². The van der Waals surface area contributed by atoms with E-state index in [1.54, 1.807) is 25.4 Å². The Labute approximate surface area is 194 Å². The normalized spacial score (nSPS) is 10.9. The molecule has 0 saturated carbocycles. The summed E-state index contributed by atoms with van der Waals surface area (Å²) in [6, 6.07) is 15.1. The van der Waals surface area contributed by atoms with E-state index in [9.17, 15) is 10.1 Å². The maximum absolute atomic E-state index is 12.3. The first-order valence-electron chi connectivity index (χ1n) is 10.5. The van der Waals surface area contributed by atoms with Crippen LogP contribution >= 0.6 is 0 Å². The molecule has 4 heterocycles. The molecule has 0 aliphatic carbocycles. The van der Waals surface area contributed by atoms with E-state index in [1.807, 2.05) is 41.8 Å². The number of carbonyl (C=O) groups is 1. The average molecular weight is 449 g/mol. The van der Waals surface area contributed by atoms with E-state index >= 15 is 0 Å². The number of rotatable bonds is 5. The Bertz CT molecular complexity index is 1590. The summed E-state index contributed by atoms with van der Waals surface area (Å²) in [5, 5.41) is 25.0. The van der Waals surface area contributed by atoms with E-state index in [-0.39, 0.29) is 5.78 Å². The molecule has 166 valence electrons. The van der Waals surface area contributed by atoms with Gasteiger partial charge in [0.1, 0.15) is 18.2 Å². The lowest BCUT2D eigenvalue weighted by Crippen LogP contribution is -2.11. The van der Waals surface area contributed by atoms with Gasteiger partial charge in [-0.1, -0.05) is 0 Å². The van der Waals surface area contributed by atoms with Crippen molar-refractivity contribution in [3.8, 4) is 17.7 Å². The third-order valence-corrected chi connectivity index (χ3v) is 5.43. The number of anilines is 2. The number of hydrogen-bond donors (Lipinski definition) is 1. The molecule has 0 unspecified atom stereocenters. The molecule has 0 atom stereocenters. The zero-order valence-electron chi connectivity index (χ0n) is 18.7. The van der Waals surface area contributed by atoms with E-state index in [1.165, 1.54) is 17.8 Å². The fourth-order valence-electron chi connectivity index (χ4n) is 3.63. The quantitative estimate of drug-likeness (QED) is 0.401. The maximum atomic E-state index is 12.3. The van der Waals surface area contributed by atoms with Gasteiger partial charge in [-0.2, -0.15) is 15.5 Å². The second-order valence-electron chi connectivity index (χ2n) is 7.77. The van der Waals surface area contributed by atoms with E-state index in [2.05, 4.69) is 31.7 Å². The summed E-state index contributed by atoms with van der Waals surface area (Å²) >= 11 is 0. The molecule has 0 amide bonds. The SMILES string of the molecule is CC(=O)c1ccc(-n2cnc3cc(Nc4ccc(C)nn4)ccc32)nc1-n1ncc(C#N)c1C. The van der Waals surface area contributed by atoms with Crippen LogP contribution in [0.2, 0.25) is 0 Å². The van der Waals surface area contributed by atoms with Crippen LogP contribution in [0.1, 0.15) is 34.2 Å². The Balaban J connectivity index is 1.55. The van der Waals surface area contributed by atoms with Gasteiger partial charge in [-0.3, -0.25) is 9.36 Å². The fraction of sp³-hybridized carbons (Fsp3) is 0.125. The van der Waals surface area contributed by atoms with Gasteiger partial charge < -0.3 is 5.32 Å². The number of pyridine rings is 1. The van der Waals surface area contributed by atoms with E-state index in [0.717, 1.165) is 22.4 Å². The van der Waals surface area contributed by atoms with Crippen molar-refractivity contribution in [2.24, 2.45) is 0 Å². The number of fused-ring (bicyclic) bond motifs is 1. The number of aryl methyl sites for hydroxylation is 1. The Hall–Kier alpha value is -4.91. The van der Waals surface area contributed by atoms with Gasteiger partial charge in [0.25, 0.3) is 0 Å². The third-order valence-electron chi connectivity index (χ3n) is 5.43. The van der Waals surface area contributed by atoms with Crippen LogP contribution in [0.5, 0.6) is 0 Å². The van der Waals surface area contributed by atoms with Crippen LogP contribution in [0.15, 0.2) is 55.0 Å². The smallest absolute Gasteiger partial charge is 0.166 e. The first-order valence-corrected chi connectivity index (χ1v) is 10.5. The topological polar surface area (TPSA) is 127 Å². The van der Waals surface area contributed by atoms with Crippen molar-refractivity contribution < 1.29 is 4.79 Å². The molecule has 1 aromatic carbocycles. The maximum Gasteiger partial charge on any atom is 0.166 e. The van der Waals surface area contributed by atoms with E-state index in [4.69, 9.17) is 4.98 Å². The number of hydrogen-bond acceptors (Lipinski definition) is 8.